The van der Waals surface area contributed by atoms with Gasteiger partial charge in [-0.05, 0) is 55.2 Å². The molecule has 220 valence electrons. The summed E-state index contributed by atoms with van der Waals surface area (Å²) < 4.78 is 66.5. The number of anilines is 1. The molecule has 2 aromatic rings. The first-order valence-corrected chi connectivity index (χ1v) is 15.5. The molecule has 1 N–H and O–H groups in total. The van der Waals surface area contributed by atoms with Gasteiger partial charge in [-0.2, -0.15) is 13.2 Å². The van der Waals surface area contributed by atoms with Crippen molar-refractivity contribution in [1.82, 2.24) is 10.2 Å². The maximum Gasteiger partial charge on any atom is 0.417 e. The van der Waals surface area contributed by atoms with E-state index in [0.717, 1.165) is 44.1 Å². The van der Waals surface area contributed by atoms with Crippen molar-refractivity contribution >= 4 is 62.3 Å². The summed E-state index contributed by atoms with van der Waals surface area (Å²) in [5.41, 5.74) is -1.20. The molecule has 0 radical (unpaired) electrons. The van der Waals surface area contributed by atoms with Gasteiger partial charge in [-0.1, -0.05) is 60.6 Å². The Morgan fingerprint density at radius 2 is 1.70 bits per heavy atom. The van der Waals surface area contributed by atoms with E-state index in [0.29, 0.717) is 21.0 Å². The third kappa shape index (κ3) is 8.18. The topological polar surface area (TPSA) is 86.8 Å². The van der Waals surface area contributed by atoms with Crippen LogP contribution in [-0.4, -0.2) is 50.0 Å². The number of hydrogen-bond donors (Lipinski definition) is 1. The van der Waals surface area contributed by atoms with Crippen molar-refractivity contribution in [2.45, 2.75) is 63.8 Å². The third-order valence-corrected chi connectivity index (χ3v) is 8.72. The number of nitrogens with zero attached hydrogens (tertiary/aromatic N) is 2. The lowest BCUT2D eigenvalue weighted by molar-refractivity contribution is -0.140. The molecule has 3 rings (SSSR count). The molecule has 2 amide bonds. The van der Waals surface area contributed by atoms with Crippen LogP contribution in [0.15, 0.2) is 36.4 Å². The van der Waals surface area contributed by atoms with Crippen LogP contribution in [0.3, 0.4) is 0 Å². The van der Waals surface area contributed by atoms with Crippen LogP contribution in [0.5, 0.6) is 0 Å². The number of alkyl halides is 3. The molecule has 0 unspecified atom stereocenters. The fourth-order valence-corrected chi connectivity index (χ4v) is 6.15. The Kier molecular flexibility index (Phi) is 10.6. The molecule has 1 fully saturated rings. The van der Waals surface area contributed by atoms with Crippen LogP contribution in [-0.2, 0) is 32.3 Å². The number of sulfonamides is 1. The van der Waals surface area contributed by atoms with Crippen molar-refractivity contribution in [1.29, 1.82) is 0 Å². The second-order valence-corrected chi connectivity index (χ2v) is 12.8. The Morgan fingerprint density at radius 1 is 1.05 bits per heavy atom. The molecule has 0 spiro atoms. The van der Waals surface area contributed by atoms with Crippen molar-refractivity contribution in [3.05, 3.63) is 62.6 Å². The highest BCUT2D eigenvalue weighted by Crippen LogP contribution is 2.37. The molecule has 40 heavy (non-hydrogen) atoms. The molecule has 0 bridgehead atoms. The molecule has 0 saturated heterocycles. The second-order valence-electron chi connectivity index (χ2n) is 9.60. The maximum atomic E-state index is 13.8. The molecule has 0 heterocycles. The quantitative estimate of drug-likeness (QED) is 0.330. The Labute approximate surface area is 246 Å². The van der Waals surface area contributed by atoms with E-state index in [1.165, 1.54) is 11.0 Å². The van der Waals surface area contributed by atoms with Crippen molar-refractivity contribution in [3.63, 3.8) is 0 Å². The van der Waals surface area contributed by atoms with E-state index >= 15 is 0 Å². The molecule has 0 aliphatic heterocycles. The minimum atomic E-state index is -4.86. The largest absolute Gasteiger partial charge is 0.417 e. The van der Waals surface area contributed by atoms with E-state index in [9.17, 15) is 31.2 Å². The number of hydrogen-bond acceptors (Lipinski definition) is 4. The molecule has 1 atom stereocenters. The Hall–Kier alpha value is -2.21. The lowest BCUT2D eigenvalue weighted by atomic mass is 10.1. The number of benzene rings is 2. The van der Waals surface area contributed by atoms with Crippen LogP contribution in [0.25, 0.3) is 0 Å². The highest BCUT2D eigenvalue weighted by atomic mass is 35.5. The van der Waals surface area contributed by atoms with Gasteiger partial charge in [0.2, 0.25) is 21.8 Å². The van der Waals surface area contributed by atoms with Crippen molar-refractivity contribution < 1.29 is 31.2 Å². The monoisotopic (exact) mass is 641 g/mol. The second kappa shape index (κ2) is 13.2. The Morgan fingerprint density at radius 3 is 2.25 bits per heavy atom. The van der Waals surface area contributed by atoms with Gasteiger partial charge in [-0.15, -0.1) is 0 Å². The number of carbonyl (C=O) groups excluding carboxylic acids is 2. The first kappa shape index (κ1) is 32.3. The van der Waals surface area contributed by atoms with Crippen molar-refractivity contribution in [3.8, 4) is 0 Å². The Bertz CT molecular complexity index is 1350. The lowest BCUT2D eigenvalue weighted by Crippen LogP contribution is -2.53. The number of rotatable bonds is 10. The molecule has 2 aromatic carbocycles. The summed E-state index contributed by atoms with van der Waals surface area (Å²) in [5, 5.41) is 2.92. The predicted molar refractivity (Wildman–Crippen MR) is 150 cm³/mol. The summed E-state index contributed by atoms with van der Waals surface area (Å²) in [5.74, 6) is -1.22. The van der Waals surface area contributed by atoms with Crippen LogP contribution in [0.4, 0.5) is 18.9 Å². The molecule has 14 heteroatoms. The molecule has 1 aliphatic rings. The minimum absolute atomic E-state index is 0.0417. The van der Waals surface area contributed by atoms with Gasteiger partial charge in [-0.25, -0.2) is 8.42 Å². The van der Waals surface area contributed by atoms with Crippen LogP contribution in [0.2, 0.25) is 15.1 Å². The van der Waals surface area contributed by atoms with Crippen LogP contribution in [0, 0.1) is 0 Å². The normalized spacial score (nSPS) is 15.1. The van der Waals surface area contributed by atoms with E-state index in [-0.39, 0.29) is 24.0 Å². The van der Waals surface area contributed by atoms with E-state index < -0.39 is 56.9 Å². The average molecular weight is 643 g/mol. The van der Waals surface area contributed by atoms with E-state index in [1.54, 1.807) is 19.1 Å². The molecular weight excluding hydrogens is 614 g/mol. The summed E-state index contributed by atoms with van der Waals surface area (Å²) in [6.45, 7) is 0.666. The highest BCUT2D eigenvalue weighted by molar-refractivity contribution is 7.92. The first-order chi connectivity index (χ1) is 18.6. The number of nitrogens with one attached hydrogen (secondary N) is 1. The summed E-state index contributed by atoms with van der Waals surface area (Å²) in [6, 6.07) is 6.12. The third-order valence-electron chi connectivity index (χ3n) is 6.67. The van der Waals surface area contributed by atoms with E-state index in [1.807, 2.05) is 0 Å². The van der Waals surface area contributed by atoms with Gasteiger partial charge in [0.1, 0.15) is 12.6 Å². The van der Waals surface area contributed by atoms with Gasteiger partial charge < -0.3 is 10.2 Å². The van der Waals surface area contributed by atoms with Gasteiger partial charge in [0.25, 0.3) is 0 Å². The van der Waals surface area contributed by atoms with Gasteiger partial charge in [0.15, 0.2) is 0 Å². The first-order valence-electron chi connectivity index (χ1n) is 12.5. The molecule has 7 nitrogen and oxygen atoms in total. The maximum absolute atomic E-state index is 13.8. The number of amides is 2. The Balaban J connectivity index is 2.00. The van der Waals surface area contributed by atoms with E-state index in [2.05, 4.69) is 5.32 Å². The predicted octanol–water partition coefficient (Wildman–Crippen LogP) is 6.30. The van der Waals surface area contributed by atoms with Crippen molar-refractivity contribution in [2.24, 2.45) is 0 Å². The van der Waals surface area contributed by atoms with Gasteiger partial charge >= 0.3 is 6.18 Å². The van der Waals surface area contributed by atoms with E-state index in [4.69, 9.17) is 34.8 Å². The fourth-order valence-electron chi connectivity index (χ4n) is 4.62. The lowest BCUT2D eigenvalue weighted by Gasteiger charge is -2.33. The minimum Gasteiger partial charge on any atom is -0.352 e. The van der Waals surface area contributed by atoms with Crippen LogP contribution >= 0.6 is 34.8 Å². The SMILES string of the molecule is CC[C@@H](C(=O)NC1CCCC1)N(Cc1ccc(Cl)cc1Cl)C(=O)CN(c1ccc(Cl)c(C(F)(F)F)c1)S(C)(=O)=O. The fraction of sp³-hybridized carbons (Fsp3) is 0.462. The zero-order valence-corrected chi connectivity index (χ0v) is 24.9. The summed E-state index contributed by atoms with van der Waals surface area (Å²) in [6.07, 6.45) is -0.355. The molecule has 1 aliphatic carbocycles. The van der Waals surface area contributed by atoms with Crippen molar-refractivity contribution in [2.75, 3.05) is 17.1 Å². The number of carbonyl (C=O) groups is 2. The summed E-state index contributed by atoms with van der Waals surface area (Å²) in [4.78, 5) is 28.3. The zero-order chi connectivity index (χ0) is 29.8. The molecular formula is C26H29Cl3F3N3O4S. The standard InChI is InChI=1S/C26H29Cl3F3N3O4S/c1-3-23(25(37)33-18-6-4-5-7-18)34(14-16-8-9-17(27)12-22(16)29)24(36)15-35(40(2,38)39)19-10-11-21(28)20(13-19)26(30,31)32/h8-13,18,23H,3-7,14-15H2,1-2H3,(H,33,37)/t23-/m0/s1. The van der Waals surface area contributed by atoms with Crippen LogP contribution < -0.4 is 9.62 Å². The number of halogens is 6. The zero-order valence-electron chi connectivity index (χ0n) is 21.8. The summed E-state index contributed by atoms with van der Waals surface area (Å²) >= 11 is 18.1. The molecule has 1 saturated carbocycles. The van der Waals surface area contributed by atoms with Gasteiger partial charge in [0.05, 0.1) is 22.5 Å². The average Bonchev–Trinajstić information content (AvgIpc) is 3.35. The smallest absolute Gasteiger partial charge is 0.352 e. The van der Waals surface area contributed by atoms with Gasteiger partial charge in [-0.3, -0.25) is 13.9 Å². The highest BCUT2D eigenvalue weighted by Gasteiger charge is 2.36. The molecule has 0 aromatic heterocycles. The van der Waals surface area contributed by atoms with Gasteiger partial charge in [0, 0.05) is 22.6 Å². The van der Waals surface area contributed by atoms with Crippen LogP contribution in [0.1, 0.15) is 50.2 Å². The summed E-state index contributed by atoms with van der Waals surface area (Å²) in [7, 11) is -4.25.